The Morgan fingerprint density at radius 3 is 1.37 bits per heavy atom. The molecule has 1 aromatic heterocycles. The van der Waals surface area contributed by atoms with Crippen LogP contribution in [0.3, 0.4) is 0 Å². The van der Waals surface area contributed by atoms with Gasteiger partial charge < -0.3 is 0 Å². The monoisotopic (exact) mass is 674 g/mol. The van der Waals surface area contributed by atoms with E-state index in [9.17, 15) is 9.59 Å². The van der Waals surface area contributed by atoms with Crippen LogP contribution in [0.2, 0.25) is 0 Å². The minimum absolute atomic E-state index is 0.222. The zero-order valence-corrected chi connectivity index (χ0v) is 29.6. The van der Waals surface area contributed by atoms with E-state index in [1.165, 1.54) is 26.8 Å². The van der Waals surface area contributed by atoms with Crippen LogP contribution in [-0.4, -0.2) is 87.9 Å². The third kappa shape index (κ3) is 7.14. The van der Waals surface area contributed by atoms with Gasteiger partial charge in [0, 0.05) is 13.1 Å². The van der Waals surface area contributed by atoms with Crippen molar-refractivity contribution in [1.82, 2.24) is 24.8 Å². The lowest BCUT2D eigenvalue weighted by atomic mass is 9.13. The molecule has 256 valence electrons. The van der Waals surface area contributed by atoms with Gasteiger partial charge in [-0.1, -0.05) is 139 Å². The predicted octanol–water partition coefficient (Wildman–Crippen LogP) is 3.61. The van der Waals surface area contributed by atoms with Crippen LogP contribution in [0.15, 0.2) is 152 Å². The van der Waals surface area contributed by atoms with E-state index in [0.717, 1.165) is 11.5 Å². The first kappa shape index (κ1) is 34.8. The summed E-state index contributed by atoms with van der Waals surface area (Å²) < 4.78 is 3.72. The second-order valence-corrected chi connectivity index (χ2v) is 13.1. The lowest BCUT2D eigenvalue weighted by molar-refractivity contribution is -0.469. The molecule has 0 aliphatic carbocycles. The summed E-state index contributed by atoms with van der Waals surface area (Å²) in [4.78, 5) is 28.0. The molecule has 0 saturated carbocycles. The van der Waals surface area contributed by atoms with Crippen molar-refractivity contribution in [3.63, 3.8) is 0 Å². The highest BCUT2D eigenvalue weighted by atomic mass is 16.2. The molecule has 9 heteroatoms. The number of amides is 2. The van der Waals surface area contributed by atoms with Gasteiger partial charge in [0.25, 0.3) is 11.8 Å². The van der Waals surface area contributed by atoms with Gasteiger partial charge >= 0.3 is 5.84 Å². The van der Waals surface area contributed by atoms with Gasteiger partial charge in [0.1, 0.15) is 6.15 Å². The number of carbonyl (C=O) groups excluding carboxylic acids is 2. The Labute approximate surface area is 300 Å². The molecule has 1 aliphatic heterocycles. The summed E-state index contributed by atoms with van der Waals surface area (Å²) in [5, 5.41) is 8.36. The lowest BCUT2D eigenvalue weighted by Crippen LogP contribution is -2.74. The summed E-state index contributed by atoms with van der Waals surface area (Å²) in [7, 11) is 7.82. The molecule has 0 spiro atoms. The molecule has 7 rings (SSSR count). The molecule has 8 nitrogen and oxygen atoms in total. The molecule has 0 N–H and O–H groups in total. The Morgan fingerprint density at radius 2 is 1.00 bits per heavy atom. The Balaban J connectivity index is 0.000000176. The van der Waals surface area contributed by atoms with Crippen molar-refractivity contribution in [2.75, 3.05) is 34.7 Å². The van der Waals surface area contributed by atoms with Crippen molar-refractivity contribution >= 4 is 45.6 Å². The van der Waals surface area contributed by atoms with E-state index in [1.54, 1.807) is 28.9 Å². The maximum absolute atomic E-state index is 12.3. The third-order valence-corrected chi connectivity index (χ3v) is 9.46. The van der Waals surface area contributed by atoms with Crippen LogP contribution < -0.4 is 21.9 Å². The van der Waals surface area contributed by atoms with E-state index in [-0.39, 0.29) is 11.8 Å². The average Bonchev–Trinajstić information content (AvgIpc) is 3.72. The lowest BCUT2D eigenvalue weighted by Gasteiger charge is -2.44. The van der Waals surface area contributed by atoms with Crippen LogP contribution >= 0.6 is 0 Å². The number of fused-ring (bicyclic) bond motifs is 1. The number of hydrogen-bond acceptors (Lipinski definition) is 4. The van der Waals surface area contributed by atoms with E-state index >= 15 is 0 Å². The molecule has 2 heterocycles. The highest BCUT2D eigenvalue weighted by Crippen LogP contribution is 2.22. The zero-order valence-electron chi connectivity index (χ0n) is 29.6. The van der Waals surface area contributed by atoms with E-state index in [2.05, 4.69) is 132 Å². The fourth-order valence-corrected chi connectivity index (χ4v) is 7.32. The quantitative estimate of drug-likeness (QED) is 0.0771. The third-order valence-electron chi connectivity index (χ3n) is 9.46. The summed E-state index contributed by atoms with van der Waals surface area (Å²) in [6.07, 6.45) is 1.28. The van der Waals surface area contributed by atoms with Gasteiger partial charge in [-0.3, -0.25) is 28.6 Å². The molecule has 0 saturated heterocycles. The summed E-state index contributed by atoms with van der Waals surface area (Å²) in [6.45, 7) is 0.939. The molecule has 0 fully saturated rings. The molecule has 51 heavy (non-hydrogen) atoms. The average molecular weight is 675 g/mol. The molecular weight excluding hydrogens is 631 g/mol. The number of imide groups is 1. The summed E-state index contributed by atoms with van der Waals surface area (Å²) >= 11 is 0. The number of aromatic nitrogens is 3. The SMILES string of the molecule is CN(C)C(c1cn(CCCN2C(=O)c3ccccc3C2=O)nn1)=[N+](C)C.c1ccc([B-](c2ccccc2)(c2ccccc2)c2ccccc2)cc1. The van der Waals surface area contributed by atoms with E-state index in [1.807, 2.05) is 43.9 Å². The van der Waals surface area contributed by atoms with Crippen molar-refractivity contribution in [3.05, 3.63) is 169 Å². The molecule has 5 aromatic carbocycles. The maximum Gasteiger partial charge on any atom is 0.300 e. The molecular formula is C42H43BN6O2. The Hall–Kier alpha value is -6.09. The van der Waals surface area contributed by atoms with Crippen molar-refractivity contribution in [1.29, 1.82) is 0 Å². The van der Waals surface area contributed by atoms with Crippen LogP contribution in [0.1, 0.15) is 32.8 Å². The first-order valence-electron chi connectivity index (χ1n) is 17.3. The highest BCUT2D eigenvalue weighted by molar-refractivity contribution is 7.19. The van der Waals surface area contributed by atoms with Crippen LogP contribution in [0.5, 0.6) is 0 Å². The second-order valence-electron chi connectivity index (χ2n) is 13.1. The van der Waals surface area contributed by atoms with Gasteiger partial charge in [0.05, 0.1) is 45.5 Å². The van der Waals surface area contributed by atoms with Gasteiger partial charge in [-0.05, 0) is 18.6 Å². The number of benzene rings is 5. The van der Waals surface area contributed by atoms with E-state index in [0.29, 0.717) is 30.6 Å². The summed E-state index contributed by atoms with van der Waals surface area (Å²) in [6, 6.07) is 50.5. The van der Waals surface area contributed by atoms with Gasteiger partial charge in [-0.25, -0.2) is 0 Å². The van der Waals surface area contributed by atoms with Crippen LogP contribution in [-0.2, 0) is 6.54 Å². The van der Waals surface area contributed by atoms with E-state index in [4.69, 9.17) is 0 Å². The number of rotatable bonds is 9. The second kappa shape index (κ2) is 15.6. The number of nitrogens with zero attached hydrogens (tertiary/aromatic N) is 6. The minimum Gasteiger partial charge on any atom is -0.274 e. The molecule has 1 aliphatic rings. The smallest absolute Gasteiger partial charge is 0.274 e. The zero-order chi connectivity index (χ0) is 35.8. The predicted molar refractivity (Wildman–Crippen MR) is 206 cm³/mol. The van der Waals surface area contributed by atoms with Crippen molar-refractivity contribution in [2.45, 2.75) is 13.0 Å². The van der Waals surface area contributed by atoms with Crippen LogP contribution in [0, 0.1) is 0 Å². The van der Waals surface area contributed by atoms with Crippen molar-refractivity contribution in [3.8, 4) is 0 Å². The van der Waals surface area contributed by atoms with Crippen molar-refractivity contribution in [2.24, 2.45) is 0 Å². The standard InChI is InChI=1S/C24H20B.C18H23N6O2/c1-5-13-21(14-6-1)25(22-15-7-2-8-16-22,23-17-9-3-10-18-23)24-19-11-4-12-20-24;1-21(2)16(22(3)4)15-12-23(20-19-15)10-7-11-24-17(25)13-8-5-6-9-14(13)18(24)26/h1-20H;5-6,8-9,12H,7,10-11H2,1-4H3/q-1;+1. The van der Waals surface area contributed by atoms with E-state index < -0.39 is 6.15 Å². The number of amidine groups is 1. The summed E-state index contributed by atoms with van der Waals surface area (Å²) in [5.74, 6) is 0.512. The molecule has 0 atom stereocenters. The Kier molecular flexibility index (Phi) is 10.7. The fourth-order valence-electron chi connectivity index (χ4n) is 7.32. The molecule has 0 bridgehead atoms. The number of hydrogen-bond donors (Lipinski definition) is 0. The first-order valence-corrected chi connectivity index (χ1v) is 17.3. The van der Waals surface area contributed by atoms with Gasteiger partial charge in [-0.15, -0.1) is 5.10 Å². The van der Waals surface area contributed by atoms with Gasteiger partial charge in [0.2, 0.25) is 0 Å². The molecule has 0 radical (unpaired) electrons. The number of aryl methyl sites for hydroxylation is 1. The van der Waals surface area contributed by atoms with Crippen LogP contribution in [0.25, 0.3) is 0 Å². The minimum atomic E-state index is -1.22. The molecule has 2 amide bonds. The van der Waals surface area contributed by atoms with Crippen LogP contribution in [0.4, 0.5) is 0 Å². The normalized spacial score (nSPS) is 12.2. The Bertz CT molecular complexity index is 1910. The van der Waals surface area contributed by atoms with Gasteiger partial charge in [0.15, 0.2) is 5.69 Å². The molecule has 6 aromatic rings. The Morgan fingerprint density at radius 1 is 0.608 bits per heavy atom. The fraction of sp³-hybridized carbons (Fsp3) is 0.167. The largest absolute Gasteiger partial charge is 0.300 e. The maximum atomic E-state index is 12.3. The first-order chi connectivity index (χ1) is 24.8. The highest BCUT2D eigenvalue weighted by Gasteiger charge is 2.34. The number of carbonyl (C=O) groups is 2. The van der Waals surface area contributed by atoms with Gasteiger partial charge in [-0.2, -0.15) is 21.9 Å². The van der Waals surface area contributed by atoms with Crippen molar-refractivity contribution < 1.29 is 14.2 Å². The topological polar surface area (TPSA) is 74.3 Å². The molecule has 0 unspecified atom stereocenters. The summed E-state index contributed by atoms with van der Waals surface area (Å²) in [5.41, 5.74) is 7.10.